The Hall–Kier alpha value is -2.42. The number of amides is 1. The number of rotatable bonds is 5. The highest BCUT2D eigenvalue weighted by Crippen LogP contribution is 2.23. The van der Waals surface area contributed by atoms with E-state index in [0.29, 0.717) is 12.2 Å². The summed E-state index contributed by atoms with van der Waals surface area (Å²) in [6.45, 7) is 1.66. The van der Waals surface area contributed by atoms with Gasteiger partial charge in [0.2, 0.25) is 15.9 Å². The fourth-order valence-corrected chi connectivity index (χ4v) is 3.57. The summed E-state index contributed by atoms with van der Waals surface area (Å²) < 4.78 is 28.1. The summed E-state index contributed by atoms with van der Waals surface area (Å²) in [5.74, 6) is 0.595. The van der Waals surface area contributed by atoms with Crippen molar-refractivity contribution in [1.29, 1.82) is 0 Å². The predicted molar refractivity (Wildman–Crippen MR) is 98.4 cm³/mol. The van der Waals surface area contributed by atoms with E-state index < -0.39 is 10.0 Å². The number of nitrogens with zero attached hydrogens (tertiary/aromatic N) is 1. The number of anilines is 1. The summed E-state index contributed by atoms with van der Waals surface area (Å²) in [5, 5.41) is 7.84. The molecular weight excluding hydrogens is 354 g/mol. The fraction of sp³-hybridized carbons (Fsp3) is 0.278. The SMILES string of the molecule is COc1ccc2c(c1)CN(CC(=O)Nc1cccc(S(N)(=O)=O)c1)CC2. The molecule has 26 heavy (non-hydrogen) atoms. The Morgan fingerprint density at radius 1 is 1.23 bits per heavy atom. The lowest BCUT2D eigenvalue weighted by Crippen LogP contribution is -2.37. The zero-order chi connectivity index (χ0) is 18.7. The number of methoxy groups -OCH3 is 1. The van der Waals surface area contributed by atoms with Crippen LogP contribution in [0.2, 0.25) is 0 Å². The Bertz CT molecular complexity index is 928. The number of nitrogens with one attached hydrogen (secondary N) is 1. The highest BCUT2D eigenvalue weighted by Gasteiger charge is 2.19. The predicted octanol–water partition coefficient (Wildman–Crippen LogP) is 1.34. The number of carbonyl (C=O) groups excluding carboxylic acids is 1. The van der Waals surface area contributed by atoms with Crippen molar-refractivity contribution in [3.8, 4) is 5.75 Å². The van der Waals surface area contributed by atoms with Gasteiger partial charge in [-0.15, -0.1) is 0 Å². The van der Waals surface area contributed by atoms with Crippen molar-refractivity contribution in [2.45, 2.75) is 17.9 Å². The van der Waals surface area contributed by atoms with Crippen molar-refractivity contribution in [3.05, 3.63) is 53.6 Å². The van der Waals surface area contributed by atoms with Crippen LogP contribution in [0.1, 0.15) is 11.1 Å². The van der Waals surface area contributed by atoms with Crippen molar-refractivity contribution >= 4 is 21.6 Å². The van der Waals surface area contributed by atoms with E-state index in [1.807, 2.05) is 17.0 Å². The molecule has 7 nitrogen and oxygen atoms in total. The largest absolute Gasteiger partial charge is 0.497 e. The summed E-state index contributed by atoms with van der Waals surface area (Å²) in [7, 11) is -2.17. The highest BCUT2D eigenvalue weighted by atomic mass is 32.2. The zero-order valence-corrected chi connectivity index (χ0v) is 15.3. The molecule has 1 heterocycles. The van der Waals surface area contributed by atoms with Crippen molar-refractivity contribution in [2.24, 2.45) is 5.14 Å². The number of sulfonamides is 1. The Balaban J connectivity index is 1.64. The van der Waals surface area contributed by atoms with Crippen molar-refractivity contribution in [1.82, 2.24) is 4.90 Å². The van der Waals surface area contributed by atoms with E-state index in [4.69, 9.17) is 9.88 Å². The van der Waals surface area contributed by atoms with Crippen LogP contribution in [-0.4, -0.2) is 39.4 Å². The van der Waals surface area contributed by atoms with Gasteiger partial charge in [0, 0.05) is 18.8 Å². The molecule has 3 rings (SSSR count). The smallest absolute Gasteiger partial charge is 0.238 e. The molecule has 0 fully saturated rings. The van der Waals surface area contributed by atoms with Crippen LogP contribution in [0.5, 0.6) is 5.75 Å². The van der Waals surface area contributed by atoms with Gasteiger partial charge < -0.3 is 10.1 Å². The average molecular weight is 375 g/mol. The lowest BCUT2D eigenvalue weighted by Gasteiger charge is -2.28. The Kier molecular flexibility index (Phi) is 5.26. The minimum Gasteiger partial charge on any atom is -0.497 e. The van der Waals surface area contributed by atoms with E-state index in [-0.39, 0.29) is 17.3 Å². The van der Waals surface area contributed by atoms with Gasteiger partial charge in [-0.3, -0.25) is 9.69 Å². The minimum atomic E-state index is -3.80. The molecule has 138 valence electrons. The van der Waals surface area contributed by atoms with Crippen molar-refractivity contribution in [3.63, 3.8) is 0 Å². The monoisotopic (exact) mass is 375 g/mol. The van der Waals surface area contributed by atoms with E-state index >= 15 is 0 Å². The van der Waals surface area contributed by atoms with Crippen LogP contribution in [0.15, 0.2) is 47.4 Å². The van der Waals surface area contributed by atoms with Crippen LogP contribution in [-0.2, 0) is 27.8 Å². The second-order valence-corrected chi connectivity index (χ2v) is 7.78. The van der Waals surface area contributed by atoms with Gasteiger partial charge in [-0.05, 0) is 47.9 Å². The lowest BCUT2D eigenvalue weighted by molar-refractivity contribution is -0.117. The number of hydrogen-bond donors (Lipinski definition) is 2. The van der Waals surface area contributed by atoms with Crippen LogP contribution in [0.25, 0.3) is 0 Å². The maximum absolute atomic E-state index is 12.3. The maximum atomic E-state index is 12.3. The molecule has 0 bridgehead atoms. The van der Waals surface area contributed by atoms with Crippen LogP contribution in [0.4, 0.5) is 5.69 Å². The van der Waals surface area contributed by atoms with Crippen molar-refractivity contribution < 1.29 is 17.9 Å². The third-order valence-electron chi connectivity index (χ3n) is 4.32. The van der Waals surface area contributed by atoms with E-state index in [0.717, 1.165) is 24.3 Å². The van der Waals surface area contributed by atoms with Crippen LogP contribution in [0.3, 0.4) is 0 Å². The molecule has 0 saturated heterocycles. The molecule has 0 saturated carbocycles. The lowest BCUT2D eigenvalue weighted by atomic mass is 9.99. The molecule has 0 aliphatic carbocycles. The molecule has 0 aromatic heterocycles. The van der Waals surface area contributed by atoms with Crippen LogP contribution in [0, 0.1) is 0 Å². The second-order valence-electron chi connectivity index (χ2n) is 6.22. The third kappa shape index (κ3) is 4.40. The fourth-order valence-electron chi connectivity index (χ4n) is 3.01. The Labute approximate surface area is 152 Å². The number of benzene rings is 2. The quantitative estimate of drug-likeness (QED) is 0.821. The summed E-state index contributed by atoms with van der Waals surface area (Å²) in [6, 6.07) is 11.9. The van der Waals surface area contributed by atoms with Gasteiger partial charge in [0.1, 0.15) is 5.75 Å². The normalized spacial score (nSPS) is 14.5. The summed E-state index contributed by atoms with van der Waals surface area (Å²) >= 11 is 0. The molecule has 1 aliphatic rings. The number of primary sulfonamides is 1. The summed E-state index contributed by atoms with van der Waals surface area (Å²) in [4.78, 5) is 14.3. The first-order chi connectivity index (χ1) is 12.3. The van der Waals surface area contributed by atoms with Gasteiger partial charge >= 0.3 is 0 Å². The molecule has 0 radical (unpaired) electrons. The van der Waals surface area contributed by atoms with Crippen LogP contribution >= 0.6 is 0 Å². The maximum Gasteiger partial charge on any atom is 0.238 e. The van der Waals surface area contributed by atoms with E-state index in [1.165, 1.54) is 17.7 Å². The number of carbonyl (C=O) groups is 1. The van der Waals surface area contributed by atoms with E-state index in [1.54, 1.807) is 19.2 Å². The van der Waals surface area contributed by atoms with Gasteiger partial charge in [-0.25, -0.2) is 13.6 Å². The Morgan fingerprint density at radius 2 is 2.04 bits per heavy atom. The Morgan fingerprint density at radius 3 is 2.77 bits per heavy atom. The van der Waals surface area contributed by atoms with Crippen LogP contribution < -0.4 is 15.2 Å². The molecule has 8 heteroatoms. The first-order valence-corrected chi connectivity index (χ1v) is 9.70. The summed E-state index contributed by atoms with van der Waals surface area (Å²) in [5.41, 5.74) is 2.82. The van der Waals surface area contributed by atoms with E-state index in [2.05, 4.69) is 11.4 Å². The van der Waals surface area contributed by atoms with Gasteiger partial charge in [0.15, 0.2) is 0 Å². The van der Waals surface area contributed by atoms with Gasteiger partial charge in [0.05, 0.1) is 18.6 Å². The highest BCUT2D eigenvalue weighted by molar-refractivity contribution is 7.89. The first kappa shape index (κ1) is 18.4. The number of hydrogen-bond acceptors (Lipinski definition) is 5. The average Bonchev–Trinajstić information content (AvgIpc) is 2.60. The topological polar surface area (TPSA) is 102 Å². The summed E-state index contributed by atoms with van der Waals surface area (Å²) in [6.07, 6.45) is 0.869. The number of ether oxygens (including phenoxy) is 1. The second kappa shape index (κ2) is 7.45. The van der Waals surface area contributed by atoms with Gasteiger partial charge in [0.25, 0.3) is 0 Å². The molecule has 0 atom stereocenters. The van der Waals surface area contributed by atoms with Crippen molar-refractivity contribution in [2.75, 3.05) is 25.5 Å². The third-order valence-corrected chi connectivity index (χ3v) is 5.23. The zero-order valence-electron chi connectivity index (χ0n) is 14.4. The van der Waals surface area contributed by atoms with E-state index in [9.17, 15) is 13.2 Å². The molecule has 0 unspecified atom stereocenters. The molecule has 1 amide bonds. The molecule has 2 aromatic rings. The molecule has 0 spiro atoms. The molecule has 1 aliphatic heterocycles. The standard InChI is InChI=1S/C18H21N3O4S/c1-25-16-6-5-13-7-8-21(11-14(13)9-16)12-18(22)20-15-3-2-4-17(10-15)26(19,23)24/h2-6,9-10H,7-8,11-12H2,1H3,(H,20,22)(H2,19,23,24). The molecule has 3 N–H and O–H groups in total. The molecule has 2 aromatic carbocycles. The number of fused-ring (bicyclic) bond motifs is 1. The minimum absolute atomic E-state index is 0.0331. The number of nitrogens with two attached hydrogens (primary N) is 1. The van der Waals surface area contributed by atoms with Gasteiger partial charge in [-0.2, -0.15) is 0 Å². The molecular formula is C18H21N3O4S. The first-order valence-electron chi connectivity index (χ1n) is 8.16. The van der Waals surface area contributed by atoms with Gasteiger partial charge in [-0.1, -0.05) is 12.1 Å².